The highest BCUT2D eigenvalue weighted by Gasteiger charge is 2.28. The Bertz CT molecular complexity index is 621. The van der Waals surface area contributed by atoms with Crippen LogP contribution in [-0.2, 0) is 14.6 Å². The quantitative estimate of drug-likeness (QED) is 0.901. The van der Waals surface area contributed by atoms with Gasteiger partial charge in [-0.2, -0.15) is 0 Å². The largest absolute Gasteiger partial charge is 0.342 e. The lowest BCUT2D eigenvalue weighted by atomic mass is 9.91. The molecule has 0 radical (unpaired) electrons. The highest BCUT2D eigenvalue weighted by molar-refractivity contribution is 7.92. The Morgan fingerprint density at radius 2 is 1.86 bits per heavy atom. The molecule has 0 aromatic heterocycles. The molecule has 1 fully saturated rings. The normalized spacial score (nSPS) is 18.2. The van der Waals surface area contributed by atoms with E-state index in [1.165, 1.54) is 24.3 Å². The van der Waals surface area contributed by atoms with E-state index in [1.54, 1.807) is 4.90 Å². The number of carbonyl (C=O) groups excluding carboxylic acids is 1. The van der Waals surface area contributed by atoms with Gasteiger partial charge in [-0.05, 0) is 49.9 Å². The molecule has 1 heterocycles. The Labute approximate surface area is 136 Å². The summed E-state index contributed by atoms with van der Waals surface area (Å²) in [6.07, 6.45) is 1.65. The topological polar surface area (TPSA) is 80.5 Å². The molecule has 1 unspecified atom stereocenters. The van der Waals surface area contributed by atoms with Gasteiger partial charge in [-0.1, -0.05) is 11.6 Å². The zero-order valence-electron chi connectivity index (χ0n) is 12.5. The van der Waals surface area contributed by atoms with Gasteiger partial charge in [0.1, 0.15) is 5.75 Å². The Hall–Kier alpha value is -1.11. The van der Waals surface area contributed by atoms with Gasteiger partial charge in [0.25, 0.3) is 0 Å². The van der Waals surface area contributed by atoms with E-state index in [1.807, 2.05) is 6.92 Å². The van der Waals surface area contributed by atoms with Crippen LogP contribution in [0.25, 0.3) is 0 Å². The van der Waals surface area contributed by atoms with Gasteiger partial charge >= 0.3 is 0 Å². The van der Waals surface area contributed by atoms with E-state index < -0.39 is 15.6 Å². The molecular formula is C15H21ClN2O3S. The Morgan fingerprint density at radius 1 is 1.32 bits per heavy atom. The molecule has 1 amide bonds. The van der Waals surface area contributed by atoms with Crippen LogP contribution in [0.5, 0.6) is 0 Å². The molecule has 1 aromatic rings. The van der Waals surface area contributed by atoms with Crippen molar-refractivity contribution in [1.29, 1.82) is 0 Å². The van der Waals surface area contributed by atoms with E-state index in [0.29, 0.717) is 24.0 Å². The maximum absolute atomic E-state index is 12.3. The van der Waals surface area contributed by atoms with Crippen LogP contribution in [0, 0.1) is 5.92 Å². The Morgan fingerprint density at radius 3 is 2.36 bits per heavy atom. The van der Waals surface area contributed by atoms with Crippen molar-refractivity contribution in [3.05, 3.63) is 29.3 Å². The number of rotatable bonds is 4. The summed E-state index contributed by atoms with van der Waals surface area (Å²) in [5.74, 6) is -0.452. The van der Waals surface area contributed by atoms with Crippen molar-refractivity contribution in [3.8, 4) is 0 Å². The van der Waals surface area contributed by atoms with Gasteiger partial charge in [-0.15, -0.1) is 0 Å². The van der Waals surface area contributed by atoms with Crippen LogP contribution >= 0.6 is 11.6 Å². The summed E-state index contributed by atoms with van der Waals surface area (Å²) in [4.78, 5) is 14.0. The van der Waals surface area contributed by atoms with Gasteiger partial charge in [-0.3, -0.25) is 4.79 Å². The summed E-state index contributed by atoms with van der Waals surface area (Å²) >= 11 is 5.75. The summed E-state index contributed by atoms with van der Waals surface area (Å²) in [7, 11) is -3.63. The van der Waals surface area contributed by atoms with Crippen molar-refractivity contribution in [2.24, 2.45) is 11.7 Å². The smallest absolute Gasteiger partial charge is 0.238 e. The van der Waals surface area contributed by atoms with E-state index in [4.69, 9.17) is 17.3 Å². The molecule has 1 aliphatic rings. The maximum Gasteiger partial charge on any atom is 0.238 e. The number of halogens is 1. The highest BCUT2D eigenvalue weighted by Crippen LogP contribution is 2.21. The van der Waals surface area contributed by atoms with Crippen LogP contribution in [0.2, 0.25) is 5.02 Å². The van der Waals surface area contributed by atoms with Crippen LogP contribution in [0.4, 0.5) is 0 Å². The molecule has 1 aromatic carbocycles. The Balaban J connectivity index is 1.98. The highest BCUT2D eigenvalue weighted by atomic mass is 35.5. The predicted molar refractivity (Wildman–Crippen MR) is 86.5 cm³/mol. The minimum absolute atomic E-state index is 0.107. The van der Waals surface area contributed by atoms with E-state index in [9.17, 15) is 13.2 Å². The number of piperidine rings is 1. The maximum atomic E-state index is 12.3. The van der Waals surface area contributed by atoms with Crippen LogP contribution in [0.3, 0.4) is 0 Å². The first-order chi connectivity index (χ1) is 10.3. The summed E-state index contributed by atoms with van der Waals surface area (Å²) in [5, 5.41) is 0.461. The minimum Gasteiger partial charge on any atom is -0.342 e. The number of hydrogen-bond acceptors (Lipinski definition) is 4. The molecule has 1 atom stereocenters. The molecule has 0 bridgehead atoms. The molecular weight excluding hydrogens is 324 g/mol. The molecule has 0 spiro atoms. The molecule has 122 valence electrons. The fourth-order valence-electron chi connectivity index (χ4n) is 2.65. The van der Waals surface area contributed by atoms with Gasteiger partial charge in [0, 0.05) is 24.2 Å². The van der Waals surface area contributed by atoms with Crippen molar-refractivity contribution in [2.75, 3.05) is 18.8 Å². The molecule has 1 saturated heterocycles. The lowest BCUT2D eigenvalue weighted by Gasteiger charge is -2.33. The molecule has 0 saturated carbocycles. The Kier molecular flexibility index (Phi) is 5.47. The summed E-state index contributed by atoms with van der Waals surface area (Å²) in [5.41, 5.74) is 5.87. The third-order valence-corrected chi connectivity index (χ3v) is 5.99. The first-order valence-electron chi connectivity index (χ1n) is 7.31. The molecule has 0 aliphatic carbocycles. The summed E-state index contributed by atoms with van der Waals surface area (Å²) < 4.78 is 24.5. The first kappa shape index (κ1) is 17.2. The third-order valence-electron chi connectivity index (χ3n) is 4.12. The number of likely N-dealkylation sites (tertiary alicyclic amines) is 1. The second-order valence-electron chi connectivity index (χ2n) is 5.79. The van der Waals surface area contributed by atoms with Gasteiger partial charge in [0.15, 0.2) is 9.84 Å². The van der Waals surface area contributed by atoms with Crippen LogP contribution < -0.4 is 5.73 Å². The first-order valence-corrected chi connectivity index (χ1v) is 9.34. The second kappa shape index (κ2) is 6.98. The van der Waals surface area contributed by atoms with Gasteiger partial charge in [-0.25, -0.2) is 8.42 Å². The lowest BCUT2D eigenvalue weighted by molar-refractivity contribution is -0.129. The lowest BCUT2D eigenvalue weighted by Crippen LogP contribution is -2.44. The van der Waals surface area contributed by atoms with Crippen LogP contribution in [0.1, 0.15) is 19.8 Å². The molecule has 7 heteroatoms. The second-order valence-corrected chi connectivity index (χ2v) is 8.22. The van der Waals surface area contributed by atoms with Crippen molar-refractivity contribution < 1.29 is 13.2 Å². The number of amides is 1. The minimum atomic E-state index is -3.63. The number of sulfone groups is 1. The van der Waals surface area contributed by atoms with Crippen molar-refractivity contribution >= 4 is 27.3 Å². The molecule has 5 nitrogen and oxygen atoms in total. The molecule has 2 N–H and O–H groups in total. The average molecular weight is 345 g/mol. The van der Waals surface area contributed by atoms with Crippen LogP contribution in [-0.4, -0.2) is 44.1 Å². The standard InChI is InChI=1S/C15H21ClN2O3S/c1-11(17)12-6-8-18(9-7-12)15(19)10-22(20,21)14-4-2-13(16)3-5-14/h2-5,11-12H,6-10,17H2,1H3. The van der Waals surface area contributed by atoms with Gasteiger partial charge in [0.05, 0.1) is 4.90 Å². The monoisotopic (exact) mass is 344 g/mol. The fraction of sp³-hybridized carbons (Fsp3) is 0.533. The van der Waals surface area contributed by atoms with Crippen molar-refractivity contribution in [2.45, 2.75) is 30.7 Å². The predicted octanol–water partition coefficient (Wildman–Crippen LogP) is 1.70. The van der Waals surface area contributed by atoms with Crippen LogP contribution in [0.15, 0.2) is 29.2 Å². The number of nitrogens with zero attached hydrogens (tertiary/aromatic N) is 1. The van der Waals surface area contributed by atoms with Gasteiger partial charge < -0.3 is 10.6 Å². The fourth-order valence-corrected chi connectivity index (χ4v) is 4.00. The summed E-state index contributed by atoms with van der Waals surface area (Å²) in [6, 6.07) is 5.97. The van der Waals surface area contributed by atoms with E-state index in [0.717, 1.165) is 12.8 Å². The van der Waals surface area contributed by atoms with E-state index in [2.05, 4.69) is 0 Å². The van der Waals surface area contributed by atoms with Gasteiger partial charge in [0.2, 0.25) is 5.91 Å². The SMILES string of the molecule is CC(N)C1CCN(C(=O)CS(=O)(=O)c2ccc(Cl)cc2)CC1. The van der Waals surface area contributed by atoms with Crippen molar-refractivity contribution in [3.63, 3.8) is 0 Å². The average Bonchev–Trinajstić information content (AvgIpc) is 2.47. The zero-order valence-corrected chi connectivity index (χ0v) is 14.1. The number of hydrogen-bond donors (Lipinski definition) is 1. The van der Waals surface area contributed by atoms with E-state index in [-0.39, 0.29) is 16.8 Å². The zero-order chi connectivity index (χ0) is 16.3. The molecule has 1 aliphatic heterocycles. The third kappa shape index (κ3) is 4.21. The summed E-state index contributed by atoms with van der Waals surface area (Å²) in [6.45, 7) is 3.11. The molecule has 2 rings (SSSR count). The molecule has 22 heavy (non-hydrogen) atoms. The number of carbonyl (C=O) groups is 1. The number of nitrogens with two attached hydrogens (primary N) is 1. The van der Waals surface area contributed by atoms with Crippen molar-refractivity contribution in [1.82, 2.24) is 4.90 Å². The number of benzene rings is 1. The van der Waals surface area contributed by atoms with E-state index >= 15 is 0 Å².